The van der Waals surface area contributed by atoms with Gasteiger partial charge in [0.2, 0.25) is 5.88 Å². The van der Waals surface area contributed by atoms with Crippen molar-refractivity contribution in [1.29, 1.82) is 0 Å². The van der Waals surface area contributed by atoms with E-state index in [-0.39, 0.29) is 24.2 Å². The average Bonchev–Trinajstić information content (AvgIpc) is 2.58. The first-order valence-electron chi connectivity index (χ1n) is 8.04. The summed E-state index contributed by atoms with van der Waals surface area (Å²) >= 11 is 0. The van der Waals surface area contributed by atoms with E-state index in [1.54, 1.807) is 4.90 Å². The van der Waals surface area contributed by atoms with Crippen LogP contribution in [0.2, 0.25) is 0 Å². The molecule has 2 heterocycles. The van der Waals surface area contributed by atoms with Gasteiger partial charge < -0.3 is 15.0 Å². The van der Waals surface area contributed by atoms with Crippen molar-refractivity contribution in [3.63, 3.8) is 0 Å². The van der Waals surface area contributed by atoms with Gasteiger partial charge in [0.25, 0.3) is 5.91 Å². The molecule has 0 unspecified atom stereocenters. The van der Waals surface area contributed by atoms with Crippen LogP contribution in [-0.4, -0.2) is 54.8 Å². The average molecular weight is 382 g/mol. The topological polar surface area (TPSA) is 54.5 Å². The fourth-order valence-electron chi connectivity index (χ4n) is 2.62. The lowest BCUT2D eigenvalue weighted by molar-refractivity contribution is -0.154. The van der Waals surface area contributed by atoms with Gasteiger partial charge in [-0.05, 0) is 37.9 Å². The summed E-state index contributed by atoms with van der Waals surface area (Å²) in [4.78, 5) is 17.9. The smallest absolute Gasteiger partial charge is 0.422 e. The Bertz CT molecular complexity index is 532. The Labute approximate surface area is 151 Å². The van der Waals surface area contributed by atoms with Crippen LogP contribution in [0.4, 0.5) is 13.2 Å². The van der Waals surface area contributed by atoms with E-state index < -0.39 is 12.8 Å². The maximum absolute atomic E-state index is 12.4. The third kappa shape index (κ3) is 7.07. The van der Waals surface area contributed by atoms with E-state index in [2.05, 4.69) is 22.0 Å². The van der Waals surface area contributed by atoms with Gasteiger partial charge in [-0.25, -0.2) is 4.98 Å². The third-order valence-corrected chi connectivity index (χ3v) is 3.95. The number of halogens is 4. The number of aromatic nitrogens is 1. The highest BCUT2D eigenvalue weighted by Gasteiger charge is 2.29. The minimum atomic E-state index is -4.41. The molecule has 25 heavy (non-hydrogen) atoms. The maximum Gasteiger partial charge on any atom is 0.422 e. The largest absolute Gasteiger partial charge is 0.468 e. The zero-order valence-electron chi connectivity index (χ0n) is 14.0. The molecule has 0 saturated carbocycles. The Balaban J connectivity index is 0.00000312. The van der Waals surface area contributed by atoms with Crippen molar-refractivity contribution in [2.45, 2.75) is 25.9 Å². The number of carbonyl (C=O) groups is 1. The summed E-state index contributed by atoms with van der Waals surface area (Å²) in [5.74, 6) is 0.283. The van der Waals surface area contributed by atoms with Gasteiger partial charge in [-0.3, -0.25) is 4.79 Å². The van der Waals surface area contributed by atoms with Crippen LogP contribution in [-0.2, 0) is 0 Å². The van der Waals surface area contributed by atoms with Gasteiger partial charge in [0.1, 0.15) is 0 Å². The van der Waals surface area contributed by atoms with Crippen molar-refractivity contribution in [2.24, 2.45) is 5.92 Å². The molecule has 0 bridgehead atoms. The van der Waals surface area contributed by atoms with Crippen LogP contribution in [0.15, 0.2) is 18.3 Å². The number of ether oxygens (including phenoxy) is 1. The fraction of sp³-hybridized carbons (Fsp3) is 0.625. The number of nitrogens with one attached hydrogen (secondary N) is 1. The summed E-state index contributed by atoms with van der Waals surface area (Å²) in [6.07, 6.45) is -1.26. The Hall–Kier alpha value is -1.54. The second-order valence-corrected chi connectivity index (χ2v) is 5.83. The molecule has 1 aromatic heterocycles. The van der Waals surface area contributed by atoms with Gasteiger partial charge in [0.05, 0.1) is 5.56 Å². The SMILES string of the molecule is CCNCC1CCN(C(=O)c2ccc(OCC(F)(F)F)nc2)CC1.Cl. The number of nitrogens with zero attached hydrogens (tertiary/aromatic N) is 2. The highest BCUT2D eigenvalue weighted by atomic mass is 35.5. The zero-order valence-corrected chi connectivity index (χ0v) is 14.8. The number of pyridine rings is 1. The van der Waals surface area contributed by atoms with Crippen LogP contribution in [0.3, 0.4) is 0 Å². The van der Waals surface area contributed by atoms with E-state index in [0.717, 1.165) is 25.9 Å². The van der Waals surface area contributed by atoms with Crippen molar-refractivity contribution < 1.29 is 22.7 Å². The number of hydrogen-bond acceptors (Lipinski definition) is 4. The normalized spacial score (nSPS) is 15.6. The van der Waals surface area contributed by atoms with E-state index in [1.807, 2.05) is 0 Å². The van der Waals surface area contributed by atoms with E-state index in [0.29, 0.717) is 24.6 Å². The summed E-state index contributed by atoms with van der Waals surface area (Å²) in [5.41, 5.74) is 0.361. The van der Waals surface area contributed by atoms with Crippen molar-refractivity contribution in [1.82, 2.24) is 15.2 Å². The molecule has 142 valence electrons. The lowest BCUT2D eigenvalue weighted by atomic mass is 9.96. The number of rotatable bonds is 6. The molecule has 9 heteroatoms. The minimum absolute atomic E-state index is 0. The van der Waals surface area contributed by atoms with Crippen LogP contribution in [0, 0.1) is 5.92 Å². The van der Waals surface area contributed by atoms with Gasteiger partial charge in [-0.2, -0.15) is 13.2 Å². The minimum Gasteiger partial charge on any atom is -0.468 e. The summed E-state index contributed by atoms with van der Waals surface area (Å²) in [5, 5.41) is 3.32. The molecule has 2 rings (SSSR count). The lowest BCUT2D eigenvalue weighted by Gasteiger charge is -2.32. The molecule has 0 aliphatic carbocycles. The monoisotopic (exact) mass is 381 g/mol. The van der Waals surface area contributed by atoms with Crippen LogP contribution in [0.5, 0.6) is 5.88 Å². The molecule has 1 saturated heterocycles. The van der Waals surface area contributed by atoms with Crippen LogP contribution >= 0.6 is 12.4 Å². The van der Waals surface area contributed by atoms with Gasteiger partial charge in [0, 0.05) is 25.4 Å². The van der Waals surface area contributed by atoms with Gasteiger partial charge >= 0.3 is 6.18 Å². The number of likely N-dealkylation sites (tertiary alicyclic amines) is 1. The van der Waals surface area contributed by atoms with E-state index >= 15 is 0 Å². The van der Waals surface area contributed by atoms with Gasteiger partial charge in [0.15, 0.2) is 6.61 Å². The molecule has 0 radical (unpaired) electrons. The zero-order chi connectivity index (χ0) is 17.6. The molecule has 1 aliphatic rings. The van der Waals surface area contributed by atoms with Crippen molar-refractivity contribution in [2.75, 3.05) is 32.8 Å². The summed E-state index contributed by atoms with van der Waals surface area (Å²) in [6, 6.07) is 2.74. The predicted octanol–water partition coefficient (Wildman–Crippen LogP) is 2.91. The number of piperidine rings is 1. The Morgan fingerprint density at radius 3 is 2.56 bits per heavy atom. The molecular weight excluding hydrogens is 359 g/mol. The highest BCUT2D eigenvalue weighted by Crippen LogP contribution is 2.20. The standard InChI is InChI=1S/C16H22F3N3O2.ClH/c1-2-20-9-12-5-7-22(8-6-12)15(23)13-3-4-14(21-10-13)24-11-16(17,18)19;/h3-4,10,12,20H,2,5-9,11H2,1H3;1H. The van der Waals surface area contributed by atoms with E-state index in [4.69, 9.17) is 0 Å². The lowest BCUT2D eigenvalue weighted by Crippen LogP contribution is -2.40. The third-order valence-electron chi connectivity index (χ3n) is 3.95. The Kier molecular flexibility index (Phi) is 8.44. The Morgan fingerprint density at radius 1 is 1.36 bits per heavy atom. The number of alkyl halides is 3. The fourth-order valence-corrected chi connectivity index (χ4v) is 2.62. The van der Waals surface area contributed by atoms with E-state index in [1.165, 1.54) is 18.3 Å². The first-order valence-corrected chi connectivity index (χ1v) is 8.04. The second kappa shape index (κ2) is 9.82. The molecule has 1 aromatic rings. The predicted molar refractivity (Wildman–Crippen MR) is 90.2 cm³/mol. The first-order chi connectivity index (χ1) is 11.4. The summed E-state index contributed by atoms with van der Waals surface area (Å²) in [7, 11) is 0. The van der Waals surface area contributed by atoms with Crippen molar-refractivity contribution in [3.8, 4) is 5.88 Å². The van der Waals surface area contributed by atoms with Crippen LogP contribution in [0.25, 0.3) is 0 Å². The molecule has 1 N–H and O–H groups in total. The molecule has 1 amide bonds. The molecular formula is C16H23ClF3N3O2. The molecule has 0 atom stereocenters. The van der Waals surface area contributed by atoms with Crippen molar-refractivity contribution >= 4 is 18.3 Å². The Morgan fingerprint density at radius 2 is 2.04 bits per heavy atom. The number of hydrogen-bond donors (Lipinski definition) is 1. The number of carbonyl (C=O) groups excluding carboxylic acids is 1. The molecule has 1 aliphatic heterocycles. The van der Waals surface area contributed by atoms with Gasteiger partial charge in [-0.15, -0.1) is 12.4 Å². The maximum atomic E-state index is 12.4. The van der Waals surface area contributed by atoms with E-state index in [9.17, 15) is 18.0 Å². The summed E-state index contributed by atoms with van der Waals surface area (Å²) < 4.78 is 40.8. The van der Waals surface area contributed by atoms with Crippen LogP contribution in [0.1, 0.15) is 30.1 Å². The first kappa shape index (κ1) is 21.5. The molecule has 0 aromatic carbocycles. The number of amides is 1. The highest BCUT2D eigenvalue weighted by molar-refractivity contribution is 5.94. The van der Waals surface area contributed by atoms with Crippen molar-refractivity contribution in [3.05, 3.63) is 23.9 Å². The van der Waals surface area contributed by atoms with Crippen LogP contribution < -0.4 is 10.1 Å². The quantitative estimate of drug-likeness (QED) is 0.823. The molecule has 0 spiro atoms. The summed E-state index contributed by atoms with van der Waals surface area (Å²) in [6.45, 7) is 3.93. The molecule has 5 nitrogen and oxygen atoms in total. The second-order valence-electron chi connectivity index (χ2n) is 5.83. The van der Waals surface area contributed by atoms with Gasteiger partial charge in [-0.1, -0.05) is 6.92 Å². The molecule has 1 fully saturated rings.